The van der Waals surface area contributed by atoms with Gasteiger partial charge in [0, 0.05) is 35.9 Å². The van der Waals surface area contributed by atoms with E-state index >= 15 is 0 Å². The van der Waals surface area contributed by atoms with Gasteiger partial charge in [-0.2, -0.15) is 0 Å². The lowest BCUT2D eigenvalue weighted by Gasteiger charge is -2.37. The largest absolute Gasteiger partial charge is 0.315 e. The van der Waals surface area contributed by atoms with Gasteiger partial charge in [0.15, 0.2) is 0 Å². The Hall–Kier alpha value is -0.350. The number of piperidine rings is 1. The van der Waals surface area contributed by atoms with Gasteiger partial charge in [0.2, 0.25) is 0 Å². The summed E-state index contributed by atoms with van der Waals surface area (Å²) in [5, 5.41) is 4.68. The molecule has 2 aliphatic heterocycles. The van der Waals surface area contributed by atoms with Gasteiger partial charge < -0.3 is 5.32 Å². The van der Waals surface area contributed by atoms with E-state index < -0.39 is 0 Å². The number of hydrogen-bond acceptors (Lipinski definition) is 3. The van der Waals surface area contributed by atoms with Crippen LogP contribution in [0.25, 0.3) is 0 Å². The predicted octanol–water partition coefficient (Wildman–Crippen LogP) is 2.57. The molecule has 2 atom stereocenters. The second kappa shape index (κ2) is 5.33. The van der Waals surface area contributed by atoms with Gasteiger partial charge in [0.05, 0.1) is 0 Å². The molecule has 0 aromatic carbocycles. The summed E-state index contributed by atoms with van der Waals surface area (Å²) in [7, 11) is 0. The Kier molecular flexibility index (Phi) is 3.76. The van der Waals surface area contributed by atoms with E-state index in [4.69, 9.17) is 23.2 Å². The number of likely N-dealkylation sites (tertiary alicyclic amines) is 1. The van der Waals surface area contributed by atoms with E-state index in [0.717, 1.165) is 42.7 Å². The molecule has 3 heterocycles. The standard InChI is InChI=1S/C13H17Cl2N3/c14-11-4-13(15)17-6-10(11)8-18-3-1-2-9-5-16-7-12(9)18/h4,6,9,12,16H,1-3,5,7-8H2. The number of fused-ring (bicyclic) bond motifs is 1. The van der Waals surface area contributed by atoms with Crippen LogP contribution in [0.1, 0.15) is 18.4 Å². The molecule has 18 heavy (non-hydrogen) atoms. The number of hydrogen-bond donors (Lipinski definition) is 1. The fourth-order valence-electron chi connectivity index (χ4n) is 3.13. The van der Waals surface area contributed by atoms with E-state index in [1.54, 1.807) is 12.3 Å². The van der Waals surface area contributed by atoms with Crippen molar-refractivity contribution in [3.8, 4) is 0 Å². The van der Waals surface area contributed by atoms with Crippen molar-refractivity contribution in [3.05, 3.63) is 28.0 Å². The van der Waals surface area contributed by atoms with Crippen LogP contribution >= 0.6 is 23.2 Å². The summed E-state index contributed by atoms with van der Waals surface area (Å²) >= 11 is 12.1. The Morgan fingerprint density at radius 3 is 3.11 bits per heavy atom. The quantitative estimate of drug-likeness (QED) is 0.847. The van der Waals surface area contributed by atoms with Gasteiger partial charge in [0.25, 0.3) is 0 Å². The van der Waals surface area contributed by atoms with E-state index in [9.17, 15) is 0 Å². The molecule has 98 valence electrons. The molecule has 2 fully saturated rings. The first-order valence-electron chi connectivity index (χ1n) is 6.49. The molecule has 0 bridgehead atoms. The minimum absolute atomic E-state index is 0.461. The fraction of sp³-hybridized carbons (Fsp3) is 0.615. The monoisotopic (exact) mass is 285 g/mol. The topological polar surface area (TPSA) is 28.2 Å². The van der Waals surface area contributed by atoms with Gasteiger partial charge in [-0.1, -0.05) is 23.2 Å². The van der Waals surface area contributed by atoms with E-state index in [2.05, 4.69) is 15.2 Å². The van der Waals surface area contributed by atoms with E-state index in [-0.39, 0.29) is 0 Å². The summed E-state index contributed by atoms with van der Waals surface area (Å²) in [6.07, 6.45) is 4.43. The lowest BCUT2D eigenvalue weighted by atomic mass is 9.92. The summed E-state index contributed by atoms with van der Waals surface area (Å²) in [4.78, 5) is 6.66. The summed E-state index contributed by atoms with van der Waals surface area (Å²) in [5.41, 5.74) is 1.08. The molecule has 1 aromatic rings. The highest BCUT2D eigenvalue weighted by Crippen LogP contribution is 2.29. The van der Waals surface area contributed by atoms with Crippen LogP contribution in [0.4, 0.5) is 0 Å². The van der Waals surface area contributed by atoms with Gasteiger partial charge in [-0.05, 0) is 37.9 Å². The molecule has 5 heteroatoms. The maximum Gasteiger partial charge on any atom is 0.130 e. The smallest absolute Gasteiger partial charge is 0.130 e. The zero-order valence-electron chi connectivity index (χ0n) is 10.2. The van der Waals surface area contributed by atoms with Crippen LogP contribution < -0.4 is 5.32 Å². The Morgan fingerprint density at radius 1 is 1.39 bits per heavy atom. The second-order valence-electron chi connectivity index (χ2n) is 5.20. The van der Waals surface area contributed by atoms with Gasteiger partial charge in [-0.3, -0.25) is 4.90 Å². The Balaban J connectivity index is 1.75. The molecule has 1 N–H and O–H groups in total. The van der Waals surface area contributed by atoms with Crippen molar-refractivity contribution in [2.75, 3.05) is 19.6 Å². The SMILES string of the molecule is Clc1cc(Cl)c(CN2CCCC3CNCC32)cn1. The average Bonchev–Trinajstić information content (AvgIpc) is 2.82. The maximum atomic E-state index is 6.22. The van der Waals surface area contributed by atoms with Crippen LogP contribution in [0.15, 0.2) is 12.3 Å². The molecule has 3 rings (SSSR count). The van der Waals surface area contributed by atoms with Crippen molar-refractivity contribution in [1.29, 1.82) is 0 Å². The minimum Gasteiger partial charge on any atom is -0.315 e. The van der Waals surface area contributed by atoms with E-state index in [1.165, 1.54) is 12.8 Å². The highest BCUT2D eigenvalue weighted by atomic mass is 35.5. The predicted molar refractivity (Wildman–Crippen MR) is 74.0 cm³/mol. The van der Waals surface area contributed by atoms with Gasteiger partial charge >= 0.3 is 0 Å². The molecule has 2 unspecified atom stereocenters. The molecule has 2 saturated heterocycles. The highest BCUT2D eigenvalue weighted by molar-refractivity contribution is 6.34. The molecular formula is C13H17Cl2N3. The van der Waals surface area contributed by atoms with Crippen LogP contribution in [0.3, 0.4) is 0 Å². The zero-order chi connectivity index (χ0) is 12.5. The normalized spacial score (nSPS) is 28.3. The van der Waals surface area contributed by atoms with Crippen LogP contribution in [-0.2, 0) is 6.54 Å². The molecule has 0 aliphatic carbocycles. The summed E-state index contributed by atoms with van der Waals surface area (Å²) in [5.74, 6) is 0.804. The fourth-order valence-corrected chi connectivity index (χ4v) is 3.56. The second-order valence-corrected chi connectivity index (χ2v) is 5.99. The Labute approximate surface area is 117 Å². The molecule has 0 amide bonds. The number of pyridine rings is 1. The van der Waals surface area contributed by atoms with Crippen LogP contribution in [0.2, 0.25) is 10.2 Å². The first kappa shape index (κ1) is 12.7. The first-order valence-corrected chi connectivity index (χ1v) is 7.24. The van der Waals surface area contributed by atoms with Crippen molar-refractivity contribution in [2.45, 2.75) is 25.4 Å². The minimum atomic E-state index is 0.461. The Morgan fingerprint density at radius 2 is 2.28 bits per heavy atom. The van der Waals surface area contributed by atoms with Crippen LogP contribution in [-0.4, -0.2) is 35.6 Å². The van der Waals surface area contributed by atoms with Gasteiger partial charge in [0.1, 0.15) is 5.15 Å². The molecule has 3 nitrogen and oxygen atoms in total. The number of nitrogens with one attached hydrogen (secondary N) is 1. The van der Waals surface area contributed by atoms with Crippen LogP contribution in [0.5, 0.6) is 0 Å². The molecule has 2 aliphatic rings. The van der Waals surface area contributed by atoms with Gasteiger partial charge in [-0.15, -0.1) is 0 Å². The summed E-state index contributed by atoms with van der Waals surface area (Å²) < 4.78 is 0. The van der Waals surface area contributed by atoms with E-state index in [0.29, 0.717) is 11.2 Å². The summed E-state index contributed by atoms with van der Waals surface area (Å²) in [6.45, 7) is 4.30. The third-order valence-electron chi connectivity index (χ3n) is 4.06. The summed E-state index contributed by atoms with van der Waals surface area (Å²) in [6, 6.07) is 2.39. The number of aromatic nitrogens is 1. The molecule has 0 spiro atoms. The maximum absolute atomic E-state index is 6.22. The van der Waals surface area contributed by atoms with Crippen molar-refractivity contribution in [3.63, 3.8) is 0 Å². The third-order valence-corrected chi connectivity index (χ3v) is 4.62. The van der Waals surface area contributed by atoms with Gasteiger partial charge in [-0.25, -0.2) is 4.98 Å². The molecule has 1 aromatic heterocycles. The molecule has 0 radical (unpaired) electrons. The van der Waals surface area contributed by atoms with Crippen molar-refractivity contribution in [2.24, 2.45) is 5.92 Å². The average molecular weight is 286 g/mol. The first-order chi connectivity index (χ1) is 8.74. The Bertz CT molecular complexity index is 438. The highest BCUT2D eigenvalue weighted by Gasteiger charge is 2.34. The molecular weight excluding hydrogens is 269 g/mol. The lowest BCUT2D eigenvalue weighted by molar-refractivity contribution is 0.117. The van der Waals surface area contributed by atoms with Crippen molar-refractivity contribution < 1.29 is 0 Å². The molecule has 0 saturated carbocycles. The van der Waals surface area contributed by atoms with Crippen molar-refractivity contribution in [1.82, 2.24) is 15.2 Å². The van der Waals surface area contributed by atoms with E-state index in [1.807, 2.05) is 0 Å². The van der Waals surface area contributed by atoms with Crippen molar-refractivity contribution >= 4 is 23.2 Å². The third kappa shape index (κ3) is 2.50. The number of nitrogens with zero attached hydrogens (tertiary/aromatic N) is 2. The zero-order valence-corrected chi connectivity index (χ0v) is 11.7. The van der Waals surface area contributed by atoms with Crippen LogP contribution in [0, 0.1) is 5.92 Å². The lowest BCUT2D eigenvalue weighted by Crippen LogP contribution is -2.44. The number of halogens is 2. The number of rotatable bonds is 2.